The van der Waals surface area contributed by atoms with Crippen molar-refractivity contribution < 1.29 is 28.3 Å². The molecular formula is C18H21NO6. The van der Waals surface area contributed by atoms with Crippen LogP contribution in [-0.4, -0.2) is 35.9 Å². The minimum atomic E-state index is -0.490. The number of carbonyl (C=O) groups excluding carboxylic acids is 3. The van der Waals surface area contributed by atoms with Crippen LogP contribution in [0.2, 0.25) is 0 Å². The number of H-pyrrole nitrogens is 1. The quantitative estimate of drug-likeness (QED) is 0.582. The van der Waals surface area contributed by atoms with Crippen molar-refractivity contribution in [2.75, 3.05) is 13.2 Å². The molecule has 0 aliphatic rings. The topological polar surface area (TPSA) is 98.6 Å². The summed E-state index contributed by atoms with van der Waals surface area (Å²) in [5.74, 6) is -0.694. The van der Waals surface area contributed by atoms with Crippen molar-refractivity contribution in [3.63, 3.8) is 0 Å². The molecule has 0 bridgehead atoms. The van der Waals surface area contributed by atoms with E-state index in [-0.39, 0.29) is 25.3 Å². The molecule has 2 aromatic heterocycles. The molecule has 0 fully saturated rings. The number of furan rings is 1. The minimum absolute atomic E-state index is 0.123. The summed E-state index contributed by atoms with van der Waals surface area (Å²) in [7, 11) is 0. The number of nitrogens with one attached hydrogen (secondary N) is 1. The van der Waals surface area contributed by atoms with Gasteiger partial charge in [-0.2, -0.15) is 0 Å². The van der Waals surface area contributed by atoms with E-state index >= 15 is 0 Å². The maximum Gasteiger partial charge on any atom is 0.340 e. The van der Waals surface area contributed by atoms with Gasteiger partial charge in [-0.1, -0.05) is 0 Å². The molecule has 0 spiro atoms. The number of carbonyl (C=O) groups is 3. The first kappa shape index (κ1) is 18.5. The van der Waals surface area contributed by atoms with Gasteiger partial charge in [0, 0.05) is 12.1 Å². The summed E-state index contributed by atoms with van der Waals surface area (Å²) in [6.45, 7) is 4.91. The zero-order valence-corrected chi connectivity index (χ0v) is 14.5. The Morgan fingerprint density at radius 2 is 1.96 bits per heavy atom. The molecule has 7 heteroatoms. The van der Waals surface area contributed by atoms with Crippen LogP contribution < -0.4 is 0 Å². The number of aromatic amines is 1. The number of hydrogen-bond donors (Lipinski definition) is 1. The van der Waals surface area contributed by atoms with Crippen molar-refractivity contribution in [3.8, 4) is 0 Å². The normalized spacial score (nSPS) is 10.5. The van der Waals surface area contributed by atoms with Crippen molar-refractivity contribution in [2.45, 2.75) is 33.6 Å². The summed E-state index contributed by atoms with van der Waals surface area (Å²) < 4.78 is 15.1. The van der Waals surface area contributed by atoms with E-state index in [1.807, 2.05) is 0 Å². The van der Waals surface area contributed by atoms with E-state index in [4.69, 9.17) is 13.9 Å². The maximum absolute atomic E-state index is 12.3. The van der Waals surface area contributed by atoms with Crippen molar-refractivity contribution in [2.24, 2.45) is 0 Å². The number of Topliss-reactive ketones (excluding diaryl/α,β-unsaturated/α-hetero) is 1. The fourth-order valence-electron chi connectivity index (χ4n) is 2.51. The number of ether oxygens (including phenoxy) is 2. The molecule has 0 aromatic carbocycles. The van der Waals surface area contributed by atoms with Crippen LogP contribution in [0.3, 0.4) is 0 Å². The third-order valence-electron chi connectivity index (χ3n) is 3.72. The molecule has 0 atom stereocenters. The molecule has 7 nitrogen and oxygen atoms in total. The Labute approximate surface area is 145 Å². The molecule has 2 rings (SSSR count). The van der Waals surface area contributed by atoms with E-state index in [0.717, 1.165) is 0 Å². The van der Waals surface area contributed by atoms with Crippen molar-refractivity contribution >= 4 is 17.7 Å². The summed E-state index contributed by atoms with van der Waals surface area (Å²) in [6, 6.07) is 3.50. The van der Waals surface area contributed by atoms with Gasteiger partial charge in [-0.15, -0.1) is 0 Å². The van der Waals surface area contributed by atoms with Crippen LogP contribution in [-0.2, 0) is 20.7 Å². The van der Waals surface area contributed by atoms with E-state index in [1.165, 1.54) is 6.26 Å². The smallest absolute Gasteiger partial charge is 0.340 e. The molecule has 0 aliphatic carbocycles. The number of hydrogen-bond acceptors (Lipinski definition) is 6. The standard InChI is InChI=1S/C18H21NO6/c1-4-23-18(22)16-11(2)17(19-12(16)3)14(20)10-25-15(21)8-7-13-6-5-9-24-13/h5-6,9,19H,4,7-8,10H2,1-3H3. The largest absolute Gasteiger partial charge is 0.469 e. The van der Waals surface area contributed by atoms with Gasteiger partial charge in [-0.25, -0.2) is 4.79 Å². The van der Waals surface area contributed by atoms with Gasteiger partial charge in [-0.05, 0) is 38.5 Å². The lowest BCUT2D eigenvalue weighted by Crippen LogP contribution is -2.16. The van der Waals surface area contributed by atoms with Gasteiger partial charge < -0.3 is 18.9 Å². The SMILES string of the molecule is CCOC(=O)c1c(C)[nH]c(C(=O)COC(=O)CCc2ccco2)c1C. The zero-order chi connectivity index (χ0) is 18.4. The highest BCUT2D eigenvalue weighted by atomic mass is 16.5. The predicted molar refractivity (Wildman–Crippen MR) is 88.5 cm³/mol. The van der Waals surface area contributed by atoms with Crippen molar-refractivity contribution in [1.29, 1.82) is 0 Å². The van der Waals surface area contributed by atoms with Crippen LogP contribution in [0.1, 0.15) is 51.2 Å². The third kappa shape index (κ3) is 4.59. The van der Waals surface area contributed by atoms with Crippen LogP contribution in [0.15, 0.2) is 22.8 Å². The lowest BCUT2D eigenvalue weighted by atomic mass is 10.1. The summed E-state index contributed by atoms with van der Waals surface area (Å²) in [6.07, 6.45) is 2.06. The average molecular weight is 347 g/mol. The minimum Gasteiger partial charge on any atom is -0.469 e. The molecule has 0 amide bonds. The van der Waals surface area contributed by atoms with Crippen LogP contribution in [0.4, 0.5) is 0 Å². The van der Waals surface area contributed by atoms with Crippen LogP contribution in [0.5, 0.6) is 0 Å². The Morgan fingerprint density at radius 3 is 2.60 bits per heavy atom. The van der Waals surface area contributed by atoms with Gasteiger partial charge in [0.25, 0.3) is 0 Å². The van der Waals surface area contributed by atoms with Gasteiger partial charge in [0.1, 0.15) is 5.76 Å². The number of aromatic nitrogens is 1. The highest BCUT2D eigenvalue weighted by molar-refractivity contribution is 6.02. The van der Waals surface area contributed by atoms with Gasteiger partial charge in [-0.3, -0.25) is 9.59 Å². The molecule has 0 aliphatic heterocycles. The molecule has 1 N–H and O–H groups in total. The van der Waals surface area contributed by atoms with Gasteiger partial charge in [0.05, 0.1) is 30.5 Å². The Balaban J connectivity index is 1.93. The Kier molecular flexibility index (Phi) is 6.16. The summed E-state index contributed by atoms with van der Waals surface area (Å²) in [5, 5.41) is 0. The monoisotopic (exact) mass is 347 g/mol. The average Bonchev–Trinajstić information content (AvgIpc) is 3.18. The van der Waals surface area contributed by atoms with Crippen molar-refractivity contribution in [1.82, 2.24) is 4.98 Å². The van der Waals surface area contributed by atoms with Crippen LogP contribution in [0.25, 0.3) is 0 Å². The number of esters is 2. The van der Waals surface area contributed by atoms with Gasteiger partial charge in [0.15, 0.2) is 6.61 Å². The highest BCUT2D eigenvalue weighted by Gasteiger charge is 2.23. The number of ketones is 1. The molecule has 0 saturated carbocycles. The fourth-order valence-corrected chi connectivity index (χ4v) is 2.51. The molecule has 134 valence electrons. The second kappa shape index (κ2) is 8.32. The summed E-state index contributed by atoms with van der Waals surface area (Å²) in [5.41, 5.74) is 1.63. The summed E-state index contributed by atoms with van der Waals surface area (Å²) >= 11 is 0. The van der Waals surface area contributed by atoms with Crippen molar-refractivity contribution in [3.05, 3.63) is 46.7 Å². The molecule has 2 heterocycles. The summed E-state index contributed by atoms with van der Waals surface area (Å²) in [4.78, 5) is 38.8. The maximum atomic E-state index is 12.3. The third-order valence-corrected chi connectivity index (χ3v) is 3.72. The van der Waals surface area contributed by atoms with E-state index in [2.05, 4.69) is 4.98 Å². The second-order valence-corrected chi connectivity index (χ2v) is 5.51. The zero-order valence-electron chi connectivity index (χ0n) is 14.5. The van der Waals surface area contributed by atoms with E-state index in [0.29, 0.717) is 29.0 Å². The van der Waals surface area contributed by atoms with E-state index in [9.17, 15) is 14.4 Å². The fraction of sp³-hybridized carbons (Fsp3) is 0.389. The number of aryl methyl sites for hydroxylation is 2. The Hall–Kier alpha value is -2.83. The van der Waals surface area contributed by atoms with Gasteiger partial charge in [0.2, 0.25) is 5.78 Å². The molecule has 0 radical (unpaired) electrons. The lowest BCUT2D eigenvalue weighted by molar-refractivity contribution is -0.142. The van der Waals surface area contributed by atoms with Gasteiger partial charge >= 0.3 is 11.9 Å². The first-order valence-corrected chi connectivity index (χ1v) is 8.01. The van der Waals surface area contributed by atoms with Crippen LogP contribution >= 0.6 is 0 Å². The highest BCUT2D eigenvalue weighted by Crippen LogP contribution is 2.19. The molecule has 25 heavy (non-hydrogen) atoms. The second-order valence-electron chi connectivity index (χ2n) is 5.51. The van der Waals surface area contributed by atoms with E-state index in [1.54, 1.807) is 32.9 Å². The first-order chi connectivity index (χ1) is 11.9. The molecule has 0 saturated heterocycles. The molecular weight excluding hydrogens is 326 g/mol. The predicted octanol–water partition coefficient (Wildman–Crippen LogP) is 2.76. The Bertz CT molecular complexity index is 757. The van der Waals surface area contributed by atoms with Crippen LogP contribution in [0, 0.1) is 13.8 Å². The first-order valence-electron chi connectivity index (χ1n) is 8.01. The lowest BCUT2D eigenvalue weighted by Gasteiger charge is -2.04. The van der Waals surface area contributed by atoms with E-state index < -0.39 is 17.7 Å². The molecule has 0 unspecified atom stereocenters. The number of rotatable bonds is 8. The Morgan fingerprint density at radius 1 is 1.20 bits per heavy atom. The molecule has 2 aromatic rings.